The summed E-state index contributed by atoms with van der Waals surface area (Å²) in [6.07, 6.45) is 4.91. The second-order valence-corrected chi connectivity index (χ2v) is 2.89. The van der Waals surface area contributed by atoms with E-state index in [-0.39, 0.29) is 18.3 Å². The molecule has 0 aliphatic heterocycles. The molecule has 0 radical (unpaired) electrons. The van der Waals surface area contributed by atoms with Gasteiger partial charge in [-0.2, -0.15) is 0 Å². The number of nitrogens with zero attached hydrogens (tertiary/aromatic N) is 1. The Labute approximate surface area is 70.9 Å². The summed E-state index contributed by atoms with van der Waals surface area (Å²) >= 11 is 0. The molecule has 12 heavy (non-hydrogen) atoms. The molecule has 1 unspecified atom stereocenters. The fourth-order valence-electron chi connectivity index (χ4n) is 1.20. The van der Waals surface area contributed by atoms with Crippen LogP contribution in [0.25, 0.3) is 0 Å². The summed E-state index contributed by atoms with van der Waals surface area (Å²) in [7, 11) is 0. The van der Waals surface area contributed by atoms with E-state index >= 15 is 0 Å². The van der Waals surface area contributed by atoms with Crippen LogP contribution in [0.4, 0.5) is 0 Å². The first kappa shape index (κ1) is 9.06. The minimum atomic E-state index is -0.0829. The van der Waals surface area contributed by atoms with E-state index < -0.39 is 0 Å². The molecule has 0 aromatic carbocycles. The normalized spacial score (nSPS) is 13.2. The molecule has 0 saturated carbocycles. The van der Waals surface area contributed by atoms with Crippen molar-refractivity contribution in [2.24, 2.45) is 0 Å². The lowest BCUT2D eigenvalue weighted by atomic mass is 10.2. The first-order chi connectivity index (χ1) is 5.75. The van der Waals surface area contributed by atoms with Gasteiger partial charge in [0.2, 0.25) is 0 Å². The molecule has 1 heterocycles. The largest absolute Gasteiger partial charge is 0.396 e. The van der Waals surface area contributed by atoms with Crippen molar-refractivity contribution < 1.29 is 5.11 Å². The van der Waals surface area contributed by atoms with Crippen LogP contribution in [-0.4, -0.2) is 21.3 Å². The number of aromatic nitrogens is 2. The number of hydrogen-bond acceptors (Lipinski definition) is 2. The van der Waals surface area contributed by atoms with Crippen molar-refractivity contribution in [1.82, 2.24) is 9.55 Å². The van der Waals surface area contributed by atoms with Gasteiger partial charge in [0.1, 0.15) is 0 Å². The molecule has 0 aliphatic carbocycles. The Hall–Kier alpha value is -1.03. The zero-order valence-corrected chi connectivity index (χ0v) is 7.16. The first-order valence-electron chi connectivity index (χ1n) is 4.12. The van der Waals surface area contributed by atoms with Gasteiger partial charge in [-0.1, -0.05) is 0 Å². The molecule has 0 amide bonds. The molecule has 1 aromatic heterocycles. The van der Waals surface area contributed by atoms with Crippen LogP contribution in [0.15, 0.2) is 17.2 Å². The van der Waals surface area contributed by atoms with E-state index in [2.05, 4.69) is 4.98 Å². The van der Waals surface area contributed by atoms with Crippen LogP contribution in [0.1, 0.15) is 25.8 Å². The highest BCUT2D eigenvalue weighted by Gasteiger charge is 2.05. The van der Waals surface area contributed by atoms with Crippen molar-refractivity contribution in [3.05, 3.63) is 22.9 Å². The average Bonchev–Trinajstić information content (AvgIpc) is 2.47. The second kappa shape index (κ2) is 4.11. The van der Waals surface area contributed by atoms with E-state index in [1.54, 1.807) is 17.0 Å². The molecule has 1 rings (SSSR count). The summed E-state index contributed by atoms with van der Waals surface area (Å²) < 4.78 is 1.63. The van der Waals surface area contributed by atoms with Gasteiger partial charge < -0.3 is 10.1 Å². The highest BCUT2D eigenvalue weighted by molar-refractivity contribution is 4.79. The van der Waals surface area contributed by atoms with Crippen LogP contribution >= 0.6 is 0 Å². The molecule has 0 saturated heterocycles. The fourth-order valence-corrected chi connectivity index (χ4v) is 1.20. The highest BCUT2D eigenvalue weighted by Crippen LogP contribution is 2.08. The molecular formula is C8H14N2O2. The third-order valence-corrected chi connectivity index (χ3v) is 1.93. The maximum Gasteiger partial charge on any atom is 0.325 e. The number of aliphatic hydroxyl groups is 1. The third-order valence-electron chi connectivity index (χ3n) is 1.93. The molecule has 0 spiro atoms. The van der Waals surface area contributed by atoms with Gasteiger partial charge in [-0.15, -0.1) is 0 Å². The minimum absolute atomic E-state index is 0.0829. The zero-order valence-electron chi connectivity index (χ0n) is 7.16. The Morgan fingerprint density at radius 1 is 1.75 bits per heavy atom. The van der Waals surface area contributed by atoms with Gasteiger partial charge in [0.25, 0.3) is 0 Å². The third kappa shape index (κ3) is 1.98. The standard InChI is InChI=1S/C8H14N2O2/c1-7(3-2-6-11)10-5-4-9-8(10)12/h4-5,7,11H,2-3,6H2,1H3,(H,9,12). The number of hydrogen-bond donors (Lipinski definition) is 2. The number of aliphatic hydroxyl groups excluding tert-OH is 1. The van der Waals surface area contributed by atoms with Gasteiger partial charge >= 0.3 is 5.69 Å². The molecule has 2 N–H and O–H groups in total. The molecular weight excluding hydrogens is 156 g/mol. The Balaban J connectivity index is 2.59. The molecule has 1 aromatic rings. The Bertz CT molecular complexity index is 277. The smallest absolute Gasteiger partial charge is 0.325 e. The zero-order chi connectivity index (χ0) is 8.97. The monoisotopic (exact) mass is 170 g/mol. The van der Waals surface area contributed by atoms with Crippen molar-refractivity contribution >= 4 is 0 Å². The van der Waals surface area contributed by atoms with Gasteiger partial charge in [0.15, 0.2) is 0 Å². The lowest BCUT2D eigenvalue weighted by Crippen LogP contribution is -2.19. The molecule has 1 atom stereocenters. The molecule has 0 aliphatic rings. The maximum atomic E-state index is 11.1. The van der Waals surface area contributed by atoms with Gasteiger partial charge in [-0.05, 0) is 19.8 Å². The lowest BCUT2D eigenvalue weighted by Gasteiger charge is -2.10. The van der Waals surface area contributed by atoms with Crippen LogP contribution in [0, 0.1) is 0 Å². The van der Waals surface area contributed by atoms with E-state index in [1.165, 1.54) is 0 Å². The van der Waals surface area contributed by atoms with E-state index in [0.29, 0.717) is 0 Å². The number of imidazole rings is 1. The topological polar surface area (TPSA) is 58.0 Å². The van der Waals surface area contributed by atoms with Gasteiger partial charge in [0, 0.05) is 25.0 Å². The predicted octanol–water partition coefficient (Wildman–Crippen LogP) is 0.510. The van der Waals surface area contributed by atoms with Gasteiger partial charge in [-0.3, -0.25) is 4.57 Å². The Kier molecular flexibility index (Phi) is 3.10. The minimum Gasteiger partial charge on any atom is -0.396 e. The number of aromatic amines is 1. The van der Waals surface area contributed by atoms with Crippen LogP contribution in [0.3, 0.4) is 0 Å². The quantitative estimate of drug-likeness (QED) is 0.691. The fraction of sp³-hybridized carbons (Fsp3) is 0.625. The average molecular weight is 170 g/mol. The van der Waals surface area contributed by atoms with E-state index in [9.17, 15) is 4.79 Å². The van der Waals surface area contributed by atoms with Gasteiger partial charge in [0.05, 0.1) is 0 Å². The molecule has 4 heteroatoms. The van der Waals surface area contributed by atoms with Crippen LogP contribution in [-0.2, 0) is 0 Å². The summed E-state index contributed by atoms with van der Waals surface area (Å²) in [5.41, 5.74) is -0.0829. The lowest BCUT2D eigenvalue weighted by molar-refractivity contribution is 0.273. The number of rotatable bonds is 4. The predicted molar refractivity (Wildman–Crippen MR) is 46.1 cm³/mol. The van der Waals surface area contributed by atoms with E-state index in [4.69, 9.17) is 5.11 Å². The van der Waals surface area contributed by atoms with Crippen molar-refractivity contribution in [2.45, 2.75) is 25.8 Å². The van der Waals surface area contributed by atoms with Crippen LogP contribution in [0.5, 0.6) is 0 Å². The second-order valence-electron chi connectivity index (χ2n) is 2.89. The molecule has 68 valence electrons. The van der Waals surface area contributed by atoms with Crippen LogP contribution in [0.2, 0.25) is 0 Å². The summed E-state index contributed by atoms with van der Waals surface area (Å²) in [5.74, 6) is 0. The highest BCUT2D eigenvalue weighted by atomic mass is 16.2. The summed E-state index contributed by atoms with van der Waals surface area (Å²) in [4.78, 5) is 13.6. The number of H-pyrrole nitrogens is 1. The van der Waals surface area contributed by atoms with E-state index in [0.717, 1.165) is 12.8 Å². The molecule has 0 fully saturated rings. The maximum absolute atomic E-state index is 11.1. The van der Waals surface area contributed by atoms with Crippen LogP contribution < -0.4 is 5.69 Å². The van der Waals surface area contributed by atoms with Crippen molar-refractivity contribution in [3.8, 4) is 0 Å². The molecule has 4 nitrogen and oxygen atoms in total. The SMILES string of the molecule is CC(CCCO)n1cc[nH]c1=O. The number of nitrogens with one attached hydrogen (secondary N) is 1. The first-order valence-corrected chi connectivity index (χ1v) is 4.12. The van der Waals surface area contributed by atoms with Gasteiger partial charge in [-0.25, -0.2) is 4.79 Å². The summed E-state index contributed by atoms with van der Waals surface area (Å²) in [6, 6.07) is 0.163. The Morgan fingerprint density at radius 3 is 3.00 bits per heavy atom. The molecule has 0 bridgehead atoms. The Morgan fingerprint density at radius 2 is 2.50 bits per heavy atom. The van der Waals surface area contributed by atoms with Crippen molar-refractivity contribution in [1.29, 1.82) is 0 Å². The van der Waals surface area contributed by atoms with Crippen molar-refractivity contribution in [2.75, 3.05) is 6.61 Å². The summed E-state index contributed by atoms with van der Waals surface area (Å²) in [5, 5.41) is 8.59. The summed E-state index contributed by atoms with van der Waals surface area (Å²) in [6.45, 7) is 2.15. The van der Waals surface area contributed by atoms with E-state index in [1.807, 2.05) is 6.92 Å². The van der Waals surface area contributed by atoms with Crippen molar-refractivity contribution in [3.63, 3.8) is 0 Å².